The Hall–Kier alpha value is -3.92. The van der Waals surface area contributed by atoms with Crippen molar-refractivity contribution >= 4 is 11.6 Å². The van der Waals surface area contributed by atoms with E-state index in [9.17, 15) is 9.59 Å². The molecule has 2 N–H and O–H groups in total. The highest BCUT2D eigenvalue weighted by atomic mass is 16.5. The van der Waals surface area contributed by atoms with E-state index in [1.807, 2.05) is 6.08 Å². The van der Waals surface area contributed by atoms with E-state index in [1.165, 1.54) is 70.1 Å². The number of hydrogen-bond acceptors (Lipinski definition) is 4. The first-order chi connectivity index (χ1) is 27.0. The molecular formula is C53H81NO3. The van der Waals surface area contributed by atoms with Gasteiger partial charge < -0.3 is 10.5 Å². The molecule has 1 aliphatic carbocycles. The van der Waals surface area contributed by atoms with E-state index < -0.39 is 0 Å². The Morgan fingerprint density at radius 3 is 0.965 bits per heavy atom. The fraction of sp³-hybridized carbons (Fsp3) is 0.547. The van der Waals surface area contributed by atoms with Crippen LogP contribution in [-0.4, -0.2) is 18.7 Å². The molecule has 4 nitrogen and oxygen atoms in total. The predicted molar refractivity (Wildman–Crippen MR) is 249 cm³/mol. The highest BCUT2D eigenvalue weighted by Gasteiger charge is 2.31. The number of rotatable bonds is 27. The molecule has 0 spiro atoms. The third kappa shape index (κ3) is 23.2. The SMILES string of the molecule is COC1=C(N)C(=O)C(C)=C(C/C=C(\C)CC/C=C(/C)CC/C=C(/C)CC/C=C(/C)CC/C=C(/C)CC/C=C(/C)CC/C=C(/C)CC/C=C(/C)CCC=C(C)C)C1=O. The van der Waals surface area contributed by atoms with Crippen LogP contribution in [0.25, 0.3) is 0 Å². The molecule has 1 rings (SSSR count). The first-order valence-corrected chi connectivity index (χ1v) is 21.8. The van der Waals surface area contributed by atoms with Crippen LogP contribution in [0, 0.1) is 0 Å². The zero-order chi connectivity index (χ0) is 42.8. The summed E-state index contributed by atoms with van der Waals surface area (Å²) < 4.78 is 5.11. The van der Waals surface area contributed by atoms with Gasteiger partial charge in [-0.25, -0.2) is 0 Å². The van der Waals surface area contributed by atoms with Gasteiger partial charge >= 0.3 is 0 Å². The van der Waals surface area contributed by atoms with Gasteiger partial charge in [0.05, 0.1) is 7.11 Å². The Morgan fingerprint density at radius 1 is 0.439 bits per heavy atom. The standard InChI is InChI=1S/C53H81NO3/c1-39(2)21-13-22-40(3)23-14-24-41(4)25-15-26-42(5)27-16-28-43(6)29-17-30-44(7)31-18-32-45(8)33-19-34-46(9)35-20-36-47(10)37-38-49-48(11)51(55)50(54)53(57-12)52(49)56/h21,23,25,27,29,31,33,35,37H,13-20,22,24,26,28,30,32,34,36,38,54H2,1-12H3/b40-23-,41-25-,42-27-,43-29-,44-31-,45-33-,46-35-,47-37+. The van der Waals surface area contributed by atoms with Gasteiger partial charge in [0.25, 0.3) is 0 Å². The maximum Gasteiger partial charge on any atom is 0.226 e. The third-order valence-corrected chi connectivity index (χ3v) is 10.9. The summed E-state index contributed by atoms with van der Waals surface area (Å²) in [6.45, 7) is 24.0. The van der Waals surface area contributed by atoms with Crippen LogP contribution in [0.1, 0.15) is 185 Å². The van der Waals surface area contributed by atoms with E-state index in [-0.39, 0.29) is 23.0 Å². The molecule has 0 heterocycles. The topological polar surface area (TPSA) is 69.4 Å². The first kappa shape index (κ1) is 51.1. The minimum atomic E-state index is -0.318. The van der Waals surface area contributed by atoms with Crippen LogP contribution >= 0.6 is 0 Å². The molecule has 0 saturated heterocycles. The molecule has 1 aliphatic rings. The van der Waals surface area contributed by atoms with E-state index in [0.717, 1.165) is 89.9 Å². The lowest BCUT2D eigenvalue weighted by molar-refractivity contribution is -0.118. The molecule has 57 heavy (non-hydrogen) atoms. The predicted octanol–water partition coefficient (Wildman–Crippen LogP) is 15.4. The molecule has 0 radical (unpaired) electrons. The lowest BCUT2D eigenvalue weighted by atomic mass is 9.90. The Morgan fingerprint density at radius 2 is 0.702 bits per heavy atom. The quantitative estimate of drug-likeness (QED) is 0.0666. The number of carbonyl (C=O) groups excluding carboxylic acids is 2. The Kier molecular flexibility index (Phi) is 26.3. The monoisotopic (exact) mass is 780 g/mol. The van der Waals surface area contributed by atoms with Crippen LogP contribution < -0.4 is 5.73 Å². The number of allylic oxidation sites excluding steroid dienone is 20. The van der Waals surface area contributed by atoms with Crippen LogP contribution in [0.15, 0.2) is 127 Å². The number of hydrogen-bond donors (Lipinski definition) is 1. The summed E-state index contributed by atoms with van der Waals surface area (Å²) in [5, 5.41) is 0. The number of ketones is 2. The summed E-state index contributed by atoms with van der Waals surface area (Å²) in [5.74, 6) is -0.646. The van der Waals surface area contributed by atoms with Gasteiger partial charge in [-0.3, -0.25) is 9.59 Å². The number of nitrogens with two attached hydrogens (primary N) is 1. The minimum absolute atomic E-state index is 0.0413. The highest BCUT2D eigenvalue weighted by Crippen LogP contribution is 2.26. The van der Waals surface area contributed by atoms with Crippen molar-refractivity contribution in [2.24, 2.45) is 5.73 Å². The van der Waals surface area contributed by atoms with Gasteiger partial charge in [0.1, 0.15) is 5.70 Å². The van der Waals surface area contributed by atoms with E-state index in [2.05, 4.69) is 118 Å². The maximum absolute atomic E-state index is 12.7. The van der Waals surface area contributed by atoms with Crippen LogP contribution in [0.4, 0.5) is 0 Å². The van der Waals surface area contributed by atoms with Gasteiger partial charge in [0, 0.05) is 11.1 Å². The highest BCUT2D eigenvalue weighted by molar-refractivity contribution is 6.23. The second-order valence-corrected chi connectivity index (χ2v) is 16.9. The number of Topliss-reactive ketones (excluding diaryl/α,β-unsaturated/α-hetero) is 2. The average molecular weight is 780 g/mol. The Bertz CT molecular complexity index is 1670. The van der Waals surface area contributed by atoms with Crippen molar-refractivity contribution in [3.8, 4) is 0 Å². The van der Waals surface area contributed by atoms with Gasteiger partial charge in [-0.15, -0.1) is 0 Å². The van der Waals surface area contributed by atoms with E-state index >= 15 is 0 Å². The molecule has 0 aliphatic heterocycles. The fourth-order valence-corrected chi connectivity index (χ4v) is 6.83. The number of methoxy groups -OCH3 is 1. The zero-order valence-electron chi connectivity index (χ0n) is 38.5. The summed E-state index contributed by atoms with van der Waals surface area (Å²) in [5.41, 5.74) is 19.6. The molecule has 4 heteroatoms. The van der Waals surface area contributed by atoms with Crippen molar-refractivity contribution in [3.05, 3.63) is 127 Å². The van der Waals surface area contributed by atoms with Crippen LogP contribution in [-0.2, 0) is 14.3 Å². The van der Waals surface area contributed by atoms with Gasteiger partial charge in [0.2, 0.25) is 11.6 Å². The summed E-state index contributed by atoms with van der Waals surface area (Å²) >= 11 is 0. The third-order valence-electron chi connectivity index (χ3n) is 10.9. The molecule has 0 amide bonds. The van der Waals surface area contributed by atoms with Gasteiger partial charge in [-0.2, -0.15) is 0 Å². The molecule has 0 saturated carbocycles. The summed E-state index contributed by atoms with van der Waals surface area (Å²) in [4.78, 5) is 25.1. The van der Waals surface area contributed by atoms with E-state index in [4.69, 9.17) is 10.5 Å². The van der Waals surface area contributed by atoms with Crippen molar-refractivity contribution in [1.29, 1.82) is 0 Å². The van der Waals surface area contributed by atoms with Crippen LogP contribution in [0.2, 0.25) is 0 Å². The molecule has 0 atom stereocenters. The summed E-state index contributed by atoms with van der Waals surface area (Å²) in [6, 6.07) is 0. The van der Waals surface area contributed by atoms with E-state index in [1.54, 1.807) is 6.92 Å². The molecule has 0 unspecified atom stereocenters. The molecule has 316 valence electrons. The largest absolute Gasteiger partial charge is 0.491 e. The smallest absolute Gasteiger partial charge is 0.226 e. The fourth-order valence-electron chi connectivity index (χ4n) is 6.83. The molecule has 0 aromatic carbocycles. The molecule has 0 fully saturated rings. The lowest BCUT2D eigenvalue weighted by Crippen LogP contribution is -2.28. The summed E-state index contributed by atoms with van der Waals surface area (Å²) in [6.07, 6.45) is 39.5. The zero-order valence-corrected chi connectivity index (χ0v) is 38.5. The van der Waals surface area contributed by atoms with Crippen molar-refractivity contribution in [2.45, 2.75) is 185 Å². The van der Waals surface area contributed by atoms with E-state index in [0.29, 0.717) is 17.6 Å². The van der Waals surface area contributed by atoms with Gasteiger partial charge in [0.15, 0.2) is 5.76 Å². The molecular weight excluding hydrogens is 699 g/mol. The Balaban J connectivity index is 2.31. The molecule has 0 aromatic rings. The van der Waals surface area contributed by atoms with Crippen molar-refractivity contribution in [3.63, 3.8) is 0 Å². The second-order valence-electron chi connectivity index (χ2n) is 16.9. The normalized spacial score (nSPS) is 16.0. The van der Waals surface area contributed by atoms with Crippen molar-refractivity contribution < 1.29 is 14.3 Å². The Labute approximate surface area is 350 Å². The minimum Gasteiger partial charge on any atom is -0.491 e. The molecule has 0 aromatic heterocycles. The van der Waals surface area contributed by atoms with Crippen molar-refractivity contribution in [1.82, 2.24) is 0 Å². The maximum atomic E-state index is 12.7. The van der Waals surface area contributed by atoms with Crippen LogP contribution in [0.5, 0.6) is 0 Å². The lowest BCUT2D eigenvalue weighted by Gasteiger charge is -2.18. The van der Waals surface area contributed by atoms with Crippen molar-refractivity contribution in [2.75, 3.05) is 7.11 Å². The number of carbonyl (C=O) groups is 2. The summed E-state index contributed by atoms with van der Waals surface area (Å²) in [7, 11) is 1.37. The molecule has 0 bridgehead atoms. The number of ether oxygens (including phenoxy) is 1. The van der Waals surface area contributed by atoms with Gasteiger partial charge in [-0.05, 0) is 185 Å². The first-order valence-electron chi connectivity index (χ1n) is 21.8. The second kappa shape index (κ2) is 29.3. The van der Waals surface area contributed by atoms with Crippen LogP contribution in [0.3, 0.4) is 0 Å². The average Bonchev–Trinajstić information content (AvgIpc) is 3.14. The van der Waals surface area contributed by atoms with Gasteiger partial charge in [-0.1, -0.05) is 105 Å².